The van der Waals surface area contributed by atoms with Crippen molar-refractivity contribution in [1.82, 2.24) is 4.57 Å². The van der Waals surface area contributed by atoms with Crippen LogP contribution >= 0.6 is 23.2 Å². The number of benzene rings is 1. The Balaban J connectivity index is 2.26. The number of carbonyl (C=O) groups excluding carboxylic acids is 1. The number of amides is 1. The largest absolute Gasteiger partial charge is 0.324 e. The second-order valence-electron chi connectivity index (χ2n) is 5.02. The highest BCUT2D eigenvalue weighted by molar-refractivity contribution is 6.42. The van der Waals surface area contributed by atoms with Gasteiger partial charge >= 0.3 is 0 Å². The first kappa shape index (κ1) is 17.1. The highest BCUT2D eigenvalue weighted by atomic mass is 35.5. The highest BCUT2D eigenvalue weighted by Gasteiger charge is 2.13. The number of hydrogen-bond acceptors (Lipinski definition) is 3. The van der Waals surface area contributed by atoms with E-state index in [1.807, 2.05) is 6.07 Å². The fourth-order valence-corrected chi connectivity index (χ4v) is 2.48. The van der Waals surface area contributed by atoms with Crippen LogP contribution in [0.5, 0.6) is 0 Å². The maximum atomic E-state index is 12.3. The molecule has 0 radical (unpaired) electrons. The molecule has 0 spiro atoms. The number of hydrogen-bond donors (Lipinski definition) is 1. The molecule has 1 aromatic carbocycles. The average molecular weight is 350 g/mol. The third kappa shape index (κ3) is 3.73. The molecule has 0 atom stereocenters. The van der Waals surface area contributed by atoms with Gasteiger partial charge in [0.1, 0.15) is 18.2 Å². The van der Waals surface area contributed by atoms with Crippen LogP contribution in [-0.4, -0.2) is 10.5 Å². The van der Waals surface area contributed by atoms with Gasteiger partial charge in [0.15, 0.2) is 0 Å². The molecule has 0 aliphatic heterocycles. The maximum Gasteiger partial charge on any atom is 0.269 e. The molecule has 7 heteroatoms. The number of aromatic nitrogens is 1. The molecule has 23 heavy (non-hydrogen) atoms. The van der Waals surface area contributed by atoms with Crippen LogP contribution in [0.25, 0.3) is 0 Å². The van der Waals surface area contributed by atoms with Crippen LogP contribution in [0.2, 0.25) is 10.0 Å². The van der Waals surface area contributed by atoms with E-state index in [1.165, 1.54) is 10.6 Å². The minimum atomic E-state index is -0.478. The molecule has 0 fully saturated rings. The van der Waals surface area contributed by atoms with E-state index in [1.54, 1.807) is 32.0 Å². The van der Waals surface area contributed by atoms with Crippen LogP contribution in [-0.2, 0) is 11.3 Å². The number of halogens is 2. The summed E-state index contributed by atoms with van der Waals surface area (Å²) in [5.74, 6) is -0.402. The first-order chi connectivity index (χ1) is 10.8. The number of anilines is 1. The molecule has 2 rings (SSSR count). The van der Waals surface area contributed by atoms with Gasteiger partial charge in [-0.25, -0.2) is 0 Å². The molecule has 0 saturated carbocycles. The van der Waals surface area contributed by atoms with E-state index in [-0.39, 0.29) is 12.1 Å². The first-order valence-corrected chi connectivity index (χ1v) is 7.45. The third-order valence-electron chi connectivity index (χ3n) is 3.32. The van der Waals surface area contributed by atoms with Crippen molar-refractivity contribution in [2.24, 2.45) is 0 Å². The first-order valence-electron chi connectivity index (χ1n) is 6.69. The highest BCUT2D eigenvalue weighted by Crippen LogP contribution is 2.24. The lowest BCUT2D eigenvalue weighted by molar-refractivity contribution is -0.116. The second-order valence-corrected chi connectivity index (χ2v) is 5.84. The number of carbonyl (C=O) groups is 1. The van der Waals surface area contributed by atoms with Crippen molar-refractivity contribution in [3.8, 4) is 6.07 Å². The molecule has 0 aliphatic rings. The van der Waals surface area contributed by atoms with Gasteiger partial charge in [0.05, 0.1) is 10.0 Å². The summed E-state index contributed by atoms with van der Waals surface area (Å²) in [6.45, 7) is 3.20. The number of nitriles is 1. The molecular weight excluding hydrogens is 337 g/mol. The quantitative estimate of drug-likeness (QED) is 0.923. The fourth-order valence-electron chi connectivity index (χ4n) is 2.18. The summed E-state index contributed by atoms with van der Waals surface area (Å²) >= 11 is 11.7. The summed E-state index contributed by atoms with van der Waals surface area (Å²) in [6.07, 6.45) is 0. The zero-order chi connectivity index (χ0) is 17.1. The molecule has 5 nitrogen and oxygen atoms in total. The minimum Gasteiger partial charge on any atom is -0.324 e. The molecule has 2 aromatic rings. The third-order valence-corrected chi connectivity index (χ3v) is 4.06. The predicted molar refractivity (Wildman–Crippen MR) is 90.0 cm³/mol. The van der Waals surface area contributed by atoms with Crippen molar-refractivity contribution < 1.29 is 4.79 Å². The summed E-state index contributed by atoms with van der Waals surface area (Å²) in [5.41, 5.74) is 1.24. The summed E-state index contributed by atoms with van der Waals surface area (Å²) in [4.78, 5) is 24.4. The molecule has 1 N–H and O–H groups in total. The topological polar surface area (TPSA) is 74.9 Å². The minimum absolute atomic E-state index is 0.0398. The Morgan fingerprint density at radius 2 is 1.96 bits per heavy atom. The smallest absolute Gasteiger partial charge is 0.269 e. The number of pyridine rings is 1. The van der Waals surface area contributed by atoms with Crippen molar-refractivity contribution >= 4 is 34.8 Å². The van der Waals surface area contributed by atoms with Crippen molar-refractivity contribution in [3.63, 3.8) is 0 Å². The standard InChI is InChI=1S/C16H13Cl2N3O2/c1-9-5-10(2)21(16(23)12(9)7-19)8-15(22)20-11-3-4-13(17)14(18)6-11/h3-6H,8H2,1-2H3,(H,20,22). The summed E-state index contributed by atoms with van der Waals surface area (Å²) in [5, 5.41) is 12.4. The molecule has 0 bridgehead atoms. The SMILES string of the molecule is Cc1cc(C)n(CC(=O)Nc2ccc(Cl)c(Cl)c2)c(=O)c1C#N. The Kier molecular flexibility index (Phi) is 5.09. The second kappa shape index (κ2) is 6.86. The van der Waals surface area contributed by atoms with E-state index in [4.69, 9.17) is 28.5 Å². The van der Waals surface area contributed by atoms with Crippen LogP contribution in [0.4, 0.5) is 5.69 Å². The van der Waals surface area contributed by atoms with Crippen LogP contribution in [0, 0.1) is 25.2 Å². The van der Waals surface area contributed by atoms with Gasteiger partial charge in [0.2, 0.25) is 5.91 Å². The fraction of sp³-hybridized carbons (Fsp3) is 0.188. The molecule has 0 saturated heterocycles. The Bertz CT molecular complexity index is 882. The molecule has 118 valence electrons. The Morgan fingerprint density at radius 3 is 2.57 bits per heavy atom. The normalized spacial score (nSPS) is 10.2. The van der Waals surface area contributed by atoms with Gasteiger partial charge in [-0.05, 0) is 43.7 Å². The van der Waals surface area contributed by atoms with Gasteiger partial charge in [-0.2, -0.15) is 5.26 Å². The molecular formula is C16H13Cl2N3O2. The molecule has 1 aromatic heterocycles. The van der Waals surface area contributed by atoms with Crippen molar-refractivity contribution in [2.45, 2.75) is 20.4 Å². The molecule has 1 amide bonds. The van der Waals surface area contributed by atoms with Gasteiger partial charge in [0, 0.05) is 11.4 Å². The lowest BCUT2D eigenvalue weighted by atomic mass is 10.1. The van der Waals surface area contributed by atoms with Crippen LogP contribution in [0.3, 0.4) is 0 Å². The molecule has 1 heterocycles. The Labute approximate surface area is 143 Å². The average Bonchev–Trinajstić information content (AvgIpc) is 2.47. The van der Waals surface area contributed by atoms with Gasteiger partial charge < -0.3 is 9.88 Å². The summed E-state index contributed by atoms with van der Waals surface area (Å²) in [7, 11) is 0. The van der Waals surface area contributed by atoms with E-state index >= 15 is 0 Å². The number of aryl methyl sites for hydroxylation is 2. The maximum absolute atomic E-state index is 12.3. The van der Waals surface area contributed by atoms with E-state index in [0.717, 1.165) is 0 Å². The van der Waals surface area contributed by atoms with E-state index in [9.17, 15) is 9.59 Å². The Hall–Kier alpha value is -2.29. The summed E-state index contributed by atoms with van der Waals surface area (Å²) in [6, 6.07) is 8.27. The zero-order valence-corrected chi connectivity index (χ0v) is 14.0. The van der Waals surface area contributed by atoms with Crippen molar-refractivity contribution in [1.29, 1.82) is 5.26 Å². The van der Waals surface area contributed by atoms with E-state index in [0.29, 0.717) is 27.0 Å². The lowest BCUT2D eigenvalue weighted by Gasteiger charge is -2.12. The number of rotatable bonds is 3. The monoisotopic (exact) mass is 349 g/mol. The molecule has 0 unspecified atom stereocenters. The van der Waals surface area contributed by atoms with Crippen molar-refractivity contribution in [3.05, 3.63) is 61.5 Å². The number of nitrogens with one attached hydrogen (secondary N) is 1. The van der Waals surface area contributed by atoms with Gasteiger partial charge in [-0.3, -0.25) is 9.59 Å². The van der Waals surface area contributed by atoms with Crippen LogP contribution in [0.1, 0.15) is 16.8 Å². The molecule has 0 aliphatic carbocycles. The van der Waals surface area contributed by atoms with E-state index in [2.05, 4.69) is 5.32 Å². The van der Waals surface area contributed by atoms with Crippen LogP contribution < -0.4 is 10.9 Å². The summed E-state index contributed by atoms with van der Waals surface area (Å²) < 4.78 is 1.26. The lowest BCUT2D eigenvalue weighted by Crippen LogP contribution is -2.31. The van der Waals surface area contributed by atoms with E-state index < -0.39 is 11.5 Å². The van der Waals surface area contributed by atoms with Crippen LogP contribution in [0.15, 0.2) is 29.1 Å². The van der Waals surface area contributed by atoms with Crippen molar-refractivity contribution in [2.75, 3.05) is 5.32 Å². The Morgan fingerprint density at radius 1 is 1.26 bits per heavy atom. The number of nitrogens with zero attached hydrogens (tertiary/aromatic N) is 2. The van der Waals surface area contributed by atoms with Gasteiger partial charge in [-0.15, -0.1) is 0 Å². The van der Waals surface area contributed by atoms with Gasteiger partial charge in [-0.1, -0.05) is 23.2 Å². The van der Waals surface area contributed by atoms with Gasteiger partial charge in [0.25, 0.3) is 5.56 Å². The zero-order valence-electron chi connectivity index (χ0n) is 12.5. The predicted octanol–water partition coefficient (Wildman–Crippen LogP) is 3.28.